The Balaban J connectivity index is 1.36. The average molecular weight is 553 g/mol. The highest BCUT2D eigenvalue weighted by molar-refractivity contribution is 5.99. The predicted octanol–water partition coefficient (Wildman–Crippen LogP) is 0.179. The van der Waals surface area contributed by atoms with Crippen LogP contribution in [-0.4, -0.2) is 81.6 Å². The number of carbonyl (C=O) groups is 4. The SMILES string of the molecule is CCn1c(CC[C@@H]2CCCN2C(=O)CN2CCC[C@H](NC(=O)[C@@H](N)CC(N)=O)C2=O)cc2ccc(C(=N)N)cc21. The van der Waals surface area contributed by atoms with Crippen molar-refractivity contribution < 1.29 is 19.2 Å². The first-order valence-electron chi connectivity index (χ1n) is 14.0. The Morgan fingerprint density at radius 1 is 1.12 bits per heavy atom. The fraction of sp³-hybridized carbons (Fsp3) is 0.536. The van der Waals surface area contributed by atoms with E-state index in [0.717, 1.165) is 43.1 Å². The minimum atomic E-state index is -1.12. The second kappa shape index (κ2) is 12.5. The molecule has 4 amide bonds. The zero-order valence-electron chi connectivity index (χ0n) is 23.0. The van der Waals surface area contributed by atoms with Gasteiger partial charge in [0.25, 0.3) is 0 Å². The number of likely N-dealkylation sites (tertiary alicyclic amines) is 2. The molecule has 2 aliphatic rings. The van der Waals surface area contributed by atoms with Crippen LogP contribution in [-0.2, 0) is 32.1 Å². The normalized spacial score (nSPS) is 20.1. The summed E-state index contributed by atoms with van der Waals surface area (Å²) < 4.78 is 2.24. The molecule has 2 saturated heterocycles. The molecule has 0 spiro atoms. The third-order valence-electron chi connectivity index (χ3n) is 7.98. The van der Waals surface area contributed by atoms with Crippen LogP contribution in [0.3, 0.4) is 0 Å². The van der Waals surface area contributed by atoms with Crippen molar-refractivity contribution >= 4 is 40.4 Å². The lowest BCUT2D eigenvalue weighted by molar-refractivity contribution is -0.145. The number of fused-ring (bicyclic) bond motifs is 1. The quantitative estimate of drug-likeness (QED) is 0.195. The molecule has 0 saturated carbocycles. The first-order chi connectivity index (χ1) is 19.1. The van der Waals surface area contributed by atoms with Crippen LogP contribution in [0.4, 0.5) is 0 Å². The number of hydrogen-bond donors (Lipinski definition) is 5. The molecule has 2 aliphatic heterocycles. The number of benzene rings is 1. The molecule has 4 rings (SSSR count). The Labute approximate surface area is 233 Å². The van der Waals surface area contributed by atoms with E-state index in [4.69, 9.17) is 22.6 Å². The monoisotopic (exact) mass is 552 g/mol. The summed E-state index contributed by atoms with van der Waals surface area (Å²) in [5.41, 5.74) is 19.4. The van der Waals surface area contributed by atoms with Crippen LogP contribution in [0.1, 0.15) is 56.7 Å². The van der Waals surface area contributed by atoms with Gasteiger partial charge in [0.05, 0.1) is 19.0 Å². The molecule has 1 aromatic carbocycles. The van der Waals surface area contributed by atoms with Crippen LogP contribution in [0.15, 0.2) is 24.3 Å². The van der Waals surface area contributed by atoms with Crippen molar-refractivity contribution in [3.05, 3.63) is 35.5 Å². The van der Waals surface area contributed by atoms with E-state index in [1.54, 1.807) is 0 Å². The van der Waals surface area contributed by atoms with Gasteiger partial charge in [0, 0.05) is 42.5 Å². The lowest BCUT2D eigenvalue weighted by atomic mass is 10.0. The summed E-state index contributed by atoms with van der Waals surface area (Å²) in [6.07, 6.45) is 4.23. The number of nitrogen functional groups attached to an aromatic ring is 1. The topological polar surface area (TPSA) is 194 Å². The van der Waals surface area contributed by atoms with Crippen molar-refractivity contribution in [3.8, 4) is 0 Å². The molecule has 3 atom stereocenters. The van der Waals surface area contributed by atoms with Crippen molar-refractivity contribution in [2.45, 2.75) is 76.5 Å². The average Bonchev–Trinajstić information content (AvgIpc) is 3.52. The van der Waals surface area contributed by atoms with Gasteiger partial charge >= 0.3 is 0 Å². The number of rotatable bonds is 11. The molecule has 40 heavy (non-hydrogen) atoms. The summed E-state index contributed by atoms with van der Waals surface area (Å²) in [6, 6.07) is 6.17. The zero-order chi connectivity index (χ0) is 29.0. The molecule has 0 aliphatic carbocycles. The van der Waals surface area contributed by atoms with Crippen LogP contribution >= 0.6 is 0 Å². The Kier molecular flexibility index (Phi) is 9.08. The maximum atomic E-state index is 13.3. The number of aromatic nitrogens is 1. The Hall–Kier alpha value is -3.93. The van der Waals surface area contributed by atoms with E-state index in [-0.39, 0.29) is 36.7 Å². The van der Waals surface area contributed by atoms with E-state index >= 15 is 0 Å². The fourth-order valence-electron chi connectivity index (χ4n) is 5.91. The number of amidine groups is 1. The van der Waals surface area contributed by atoms with Crippen molar-refractivity contribution in [1.29, 1.82) is 5.41 Å². The molecular weight excluding hydrogens is 512 g/mol. The van der Waals surface area contributed by atoms with E-state index in [0.29, 0.717) is 31.5 Å². The van der Waals surface area contributed by atoms with E-state index < -0.39 is 23.9 Å². The first kappa shape index (κ1) is 29.1. The Morgan fingerprint density at radius 2 is 1.88 bits per heavy atom. The van der Waals surface area contributed by atoms with Gasteiger partial charge in [-0.15, -0.1) is 0 Å². The van der Waals surface area contributed by atoms with E-state index in [9.17, 15) is 19.2 Å². The van der Waals surface area contributed by atoms with Gasteiger partial charge in [0.15, 0.2) is 0 Å². The van der Waals surface area contributed by atoms with E-state index in [2.05, 4.69) is 22.9 Å². The number of nitrogens with two attached hydrogens (primary N) is 3. The van der Waals surface area contributed by atoms with Crippen LogP contribution in [0.5, 0.6) is 0 Å². The largest absolute Gasteiger partial charge is 0.384 e. The molecule has 0 unspecified atom stereocenters. The molecule has 8 N–H and O–H groups in total. The van der Waals surface area contributed by atoms with Gasteiger partial charge in [-0.25, -0.2) is 0 Å². The van der Waals surface area contributed by atoms with Crippen LogP contribution < -0.4 is 22.5 Å². The van der Waals surface area contributed by atoms with Crippen molar-refractivity contribution in [2.24, 2.45) is 17.2 Å². The minimum absolute atomic E-state index is 0.0297. The molecule has 1 aromatic heterocycles. The molecule has 2 fully saturated rings. The maximum Gasteiger partial charge on any atom is 0.245 e. The fourth-order valence-corrected chi connectivity index (χ4v) is 5.91. The summed E-state index contributed by atoms with van der Waals surface area (Å²) in [5.74, 6) is -1.65. The number of primary amides is 1. The predicted molar refractivity (Wildman–Crippen MR) is 151 cm³/mol. The van der Waals surface area contributed by atoms with Crippen molar-refractivity contribution in [1.82, 2.24) is 19.7 Å². The number of aryl methyl sites for hydroxylation is 2. The number of hydrogen-bond acceptors (Lipinski definition) is 6. The zero-order valence-corrected chi connectivity index (χ0v) is 23.0. The number of nitrogens with zero attached hydrogens (tertiary/aromatic N) is 3. The number of piperidine rings is 1. The summed E-state index contributed by atoms with van der Waals surface area (Å²) in [6.45, 7) is 3.95. The first-order valence-corrected chi connectivity index (χ1v) is 14.0. The van der Waals surface area contributed by atoms with Gasteiger partial charge in [-0.1, -0.05) is 12.1 Å². The van der Waals surface area contributed by atoms with Gasteiger partial charge < -0.3 is 36.9 Å². The van der Waals surface area contributed by atoms with Gasteiger partial charge in [-0.05, 0) is 63.0 Å². The second-order valence-corrected chi connectivity index (χ2v) is 10.7. The lowest BCUT2D eigenvalue weighted by Gasteiger charge is -2.34. The van der Waals surface area contributed by atoms with Crippen LogP contribution in [0.25, 0.3) is 10.9 Å². The van der Waals surface area contributed by atoms with Gasteiger partial charge in [-0.3, -0.25) is 24.6 Å². The lowest BCUT2D eigenvalue weighted by Crippen LogP contribution is -2.57. The Bertz CT molecular complexity index is 1300. The molecule has 12 nitrogen and oxygen atoms in total. The van der Waals surface area contributed by atoms with Gasteiger partial charge in [-0.2, -0.15) is 0 Å². The molecular formula is C28H40N8O4. The summed E-state index contributed by atoms with van der Waals surface area (Å²) in [5, 5.41) is 11.5. The summed E-state index contributed by atoms with van der Waals surface area (Å²) in [7, 11) is 0. The van der Waals surface area contributed by atoms with E-state index in [1.165, 1.54) is 10.6 Å². The van der Waals surface area contributed by atoms with Crippen LogP contribution in [0.2, 0.25) is 0 Å². The number of nitrogens with one attached hydrogen (secondary N) is 2. The van der Waals surface area contributed by atoms with Gasteiger partial charge in [0.1, 0.15) is 11.9 Å². The number of amides is 4. The second-order valence-electron chi connectivity index (χ2n) is 10.7. The molecule has 216 valence electrons. The summed E-state index contributed by atoms with van der Waals surface area (Å²) in [4.78, 5) is 53.2. The molecule has 0 bridgehead atoms. The van der Waals surface area contributed by atoms with Crippen molar-refractivity contribution in [2.75, 3.05) is 19.6 Å². The van der Waals surface area contributed by atoms with E-state index in [1.807, 2.05) is 23.1 Å². The highest BCUT2D eigenvalue weighted by Crippen LogP contribution is 2.26. The molecule has 0 radical (unpaired) electrons. The van der Waals surface area contributed by atoms with Crippen molar-refractivity contribution in [3.63, 3.8) is 0 Å². The third-order valence-corrected chi connectivity index (χ3v) is 7.98. The minimum Gasteiger partial charge on any atom is -0.384 e. The van der Waals surface area contributed by atoms with Crippen LogP contribution in [0, 0.1) is 5.41 Å². The van der Waals surface area contributed by atoms with Gasteiger partial charge in [0.2, 0.25) is 23.6 Å². The third kappa shape index (κ3) is 6.44. The summed E-state index contributed by atoms with van der Waals surface area (Å²) >= 11 is 0. The molecule has 3 heterocycles. The Morgan fingerprint density at radius 3 is 2.58 bits per heavy atom. The maximum absolute atomic E-state index is 13.3. The highest BCUT2D eigenvalue weighted by atomic mass is 16.2. The molecule has 12 heteroatoms. The standard InChI is InChI=1S/C28H40N8O4/c1-2-35-20(13-17-7-8-18(26(31)32)14-23(17)35)10-9-19-5-3-12-36(19)25(38)16-34-11-4-6-22(28(34)40)33-27(39)21(29)15-24(30)37/h7-8,13-14,19,21-22H,2-6,9-12,15-16,29H2,1H3,(H2,30,37)(H3,31,32)(H,33,39)/t19-,21-,22-/m0/s1. The smallest absolute Gasteiger partial charge is 0.245 e. The number of carbonyl (C=O) groups excluding carboxylic acids is 4. The molecule has 2 aromatic rings. The highest BCUT2D eigenvalue weighted by Gasteiger charge is 2.35.